The zero-order chi connectivity index (χ0) is 24.1. The SMILES string of the molecule is O=C(CSC1=N/C(=C/c2ccccc2)C(=O)N1c1ccc(F)cc1)NCCN1C(=O)CSC1=O. The van der Waals surface area contributed by atoms with E-state index in [0.717, 1.165) is 34.0 Å². The predicted octanol–water partition coefficient (Wildman–Crippen LogP) is 3.11. The van der Waals surface area contributed by atoms with Crippen LogP contribution in [0.1, 0.15) is 5.56 Å². The molecular weight excluding hydrogens is 479 g/mol. The van der Waals surface area contributed by atoms with Gasteiger partial charge in [0, 0.05) is 13.1 Å². The van der Waals surface area contributed by atoms with Gasteiger partial charge in [-0.2, -0.15) is 0 Å². The van der Waals surface area contributed by atoms with E-state index in [0.29, 0.717) is 5.69 Å². The molecule has 0 radical (unpaired) electrons. The maximum absolute atomic E-state index is 13.4. The highest BCUT2D eigenvalue weighted by Crippen LogP contribution is 2.29. The normalized spacial score (nSPS) is 17.0. The van der Waals surface area contributed by atoms with Crippen LogP contribution in [0.4, 0.5) is 14.9 Å². The Morgan fingerprint density at radius 2 is 1.85 bits per heavy atom. The van der Waals surface area contributed by atoms with Gasteiger partial charge in [-0.1, -0.05) is 53.9 Å². The van der Waals surface area contributed by atoms with E-state index < -0.39 is 5.82 Å². The van der Waals surface area contributed by atoms with Crippen molar-refractivity contribution in [3.63, 3.8) is 0 Å². The number of halogens is 1. The Kier molecular flexibility index (Phi) is 7.43. The Bertz CT molecular complexity index is 1170. The molecule has 0 bridgehead atoms. The van der Waals surface area contributed by atoms with Crippen molar-refractivity contribution in [1.82, 2.24) is 10.2 Å². The van der Waals surface area contributed by atoms with Crippen molar-refractivity contribution in [2.45, 2.75) is 0 Å². The summed E-state index contributed by atoms with van der Waals surface area (Å²) in [6, 6.07) is 14.7. The Morgan fingerprint density at radius 3 is 2.53 bits per heavy atom. The van der Waals surface area contributed by atoms with Gasteiger partial charge in [0.15, 0.2) is 5.17 Å². The molecular formula is C23H19FN4O4S2. The maximum Gasteiger partial charge on any atom is 0.288 e. The molecule has 4 rings (SSSR count). The van der Waals surface area contributed by atoms with Crippen LogP contribution in [-0.4, -0.2) is 57.6 Å². The number of nitrogens with zero attached hydrogens (tertiary/aromatic N) is 3. The number of imide groups is 1. The number of nitrogens with one attached hydrogen (secondary N) is 1. The zero-order valence-electron chi connectivity index (χ0n) is 17.8. The highest BCUT2D eigenvalue weighted by atomic mass is 32.2. The number of thioether (sulfide) groups is 2. The van der Waals surface area contributed by atoms with E-state index in [-0.39, 0.29) is 58.4 Å². The van der Waals surface area contributed by atoms with E-state index in [2.05, 4.69) is 10.3 Å². The molecule has 2 heterocycles. The van der Waals surface area contributed by atoms with Crippen LogP contribution in [-0.2, 0) is 14.4 Å². The molecule has 8 nitrogen and oxygen atoms in total. The molecule has 1 saturated heterocycles. The number of rotatable bonds is 7. The Hall–Kier alpha value is -3.44. The average molecular weight is 499 g/mol. The number of benzene rings is 2. The molecule has 0 spiro atoms. The van der Waals surface area contributed by atoms with Crippen LogP contribution >= 0.6 is 23.5 Å². The van der Waals surface area contributed by atoms with Crippen molar-refractivity contribution in [3.8, 4) is 0 Å². The monoisotopic (exact) mass is 498 g/mol. The molecule has 0 aliphatic carbocycles. The fraction of sp³-hybridized carbons (Fsp3) is 0.174. The van der Waals surface area contributed by atoms with Crippen LogP contribution in [0.5, 0.6) is 0 Å². The average Bonchev–Trinajstić information content (AvgIpc) is 3.32. The van der Waals surface area contributed by atoms with Crippen molar-refractivity contribution in [2.75, 3.05) is 29.5 Å². The zero-order valence-corrected chi connectivity index (χ0v) is 19.4. The van der Waals surface area contributed by atoms with Gasteiger partial charge in [0.2, 0.25) is 11.8 Å². The molecule has 174 valence electrons. The summed E-state index contributed by atoms with van der Waals surface area (Å²) in [7, 11) is 0. The molecule has 0 atom stereocenters. The number of hydrogen-bond acceptors (Lipinski definition) is 7. The molecule has 2 aromatic rings. The van der Waals surface area contributed by atoms with Crippen molar-refractivity contribution < 1.29 is 23.6 Å². The van der Waals surface area contributed by atoms with Gasteiger partial charge in [0.25, 0.3) is 11.1 Å². The van der Waals surface area contributed by atoms with Gasteiger partial charge in [-0.05, 0) is 35.9 Å². The minimum Gasteiger partial charge on any atom is -0.354 e. The Morgan fingerprint density at radius 1 is 1.12 bits per heavy atom. The van der Waals surface area contributed by atoms with Crippen molar-refractivity contribution in [2.24, 2.45) is 4.99 Å². The number of carbonyl (C=O) groups excluding carboxylic acids is 4. The summed E-state index contributed by atoms with van der Waals surface area (Å²) >= 11 is 2.00. The lowest BCUT2D eigenvalue weighted by molar-refractivity contribution is -0.125. The lowest BCUT2D eigenvalue weighted by Crippen LogP contribution is -2.38. The molecule has 1 fully saturated rings. The quantitative estimate of drug-likeness (QED) is 0.589. The fourth-order valence-electron chi connectivity index (χ4n) is 3.20. The number of amides is 4. The molecule has 1 N–H and O–H groups in total. The van der Waals surface area contributed by atoms with E-state index in [1.165, 1.54) is 29.2 Å². The first kappa shape index (κ1) is 23.7. The Labute approximate surface area is 203 Å². The summed E-state index contributed by atoms with van der Waals surface area (Å²) in [6.07, 6.45) is 1.65. The first-order valence-electron chi connectivity index (χ1n) is 10.2. The van der Waals surface area contributed by atoms with E-state index in [4.69, 9.17) is 0 Å². The number of hydrogen-bond donors (Lipinski definition) is 1. The summed E-state index contributed by atoms with van der Waals surface area (Å²) in [6.45, 7) is 0.232. The second-order valence-corrected chi connectivity index (χ2v) is 9.06. The van der Waals surface area contributed by atoms with Crippen LogP contribution in [0.15, 0.2) is 65.3 Å². The van der Waals surface area contributed by atoms with Crippen molar-refractivity contribution >= 4 is 63.4 Å². The maximum atomic E-state index is 13.4. The smallest absolute Gasteiger partial charge is 0.288 e. The third-order valence-corrected chi connectivity index (χ3v) is 6.65. The lowest BCUT2D eigenvalue weighted by atomic mass is 10.2. The molecule has 0 saturated carbocycles. The van der Waals surface area contributed by atoms with Gasteiger partial charge in [-0.25, -0.2) is 9.38 Å². The molecule has 0 aromatic heterocycles. The van der Waals surface area contributed by atoms with Gasteiger partial charge in [-0.15, -0.1) is 0 Å². The van der Waals surface area contributed by atoms with E-state index in [1.54, 1.807) is 6.08 Å². The summed E-state index contributed by atoms with van der Waals surface area (Å²) < 4.78 is 13.4. The number of anilines is 1. The van der Waals surface area contributed by atoms with E-state index in [9.17, 15) is 23.6 Å². The van der Waals surface area contributed by atoms with Gasteiger partial charge in [-0.3, -0.25) is 29.0 Å². The first-order valence-corrected chi connectivity index (χ1v) is 12.2. The summed E-state index contributed by atoms with van der Waals surface area (Å²) in [5.41, 5.74) is 1.42. The standard InChI is InChI=1S/C23H19FN4O4S2/c24-16-6-8-17(9-7-16)28-21(31)18(12-15-4-2-1-3-5-15)26-22(28)33-13-19(29)25-10-11-27-20(30)14-34-23(27)32/h1-9,12H,10-11,13-14H2,(H,25,29)/b18-12+. The van der Waals surface area contributed by atoms with Crippen LogP contribution in [0.25, 0.3) is 6.08 Å². The third kappa shape index (κ3) is 5.54. The summed E-state index contributed by atoms with van der Waals surface area (Å²) in [5, 5.41) is 2.63. The summed E-state index contributed by atoms with van der Waals surface area (Å²) in [4.78, 5) is 55.5. The molecule has 2 aliphatic heterocycles. The minimum absolute atomic E-state index is 0.0426. The number of amidine groups is 1. The largest absolute Gasteiger partial charge is 0.354 e. The topological polar surface area (TPSA) is 99.2 Å². The highest BCUT2D eigenvalue weighted by Gasteiger charge is 2.33. The fourth-order valence-corrected chi connectivity index (χ4v) is 4.80. The summed E-state index contributed by atoms with van der Waals surface area (Å²) in [5.74, 6) is -1.36. The second-order valence-electron chi connectivity index (χ2n) is 7.19. The molecule has 2 aliphatic rings. The van der Waals surface area contributed by atoms with Crippen molar-refractivity contribution in [1.29, 1.82) is 0 Å². The number of carbonyl (C=O) groups is 4. The van der Waals surface area contributed by atoms with Crippen LogP contribution in [0.2, 0.25) is 0 Å². The first-order chi connectivity index (χ1) is 16.4. The van der Waals surface area contributed by atoms with Crippen molar-refractivity contribution in [3.05, 3.63) is 71.7 Å². The lowest BCUT2D eigenvalue weighted by Gasteiger charge is -2.18. The number of aliphatic imine (C=N–C) groups is 1. The molecule has 11 heteroatoms. The minimum atomic E-state index is -0.436. The molecule has 2 aromatic carbocycles. The van der Waals surface area contributed by atoms with E-state index in [1.807, 2.05) is 30.3 Å². The second kappa shape index (κ2) is 10.7. The van der Waals surface area contributed by atoms with E-state index >= 15 is 0 Å². The van der Waals surface area contributed by atoms with Gasteiger partial charge in [0.05, 0.1) is 17.2 Å². The molecule has 0 unspecified atom stereocenters. The molecule has 4 amide bonds. The van der Waals surface area contributed by atoms with Crippen LogP contribution < -0.4 is 10.2 Å². The van der Waals surface area contributed by atoms with Crippen LogP contribution in [0, 0.1) is 5.82 Å². The van der Waals surface area contributed by atoms with Gasteiger partial charge in [0.1, 0.15) is 11.5 Å². The third-order valence-electron chi connectivity index (χ3n) is 4.85. The molecule has 34 heavy (non-hydrogen) atoms. The van der Waals surface area contributed by atoms with Gasteiger partial charge < -0.3 is 5.32 Å². The predicted molar refractivity (Wildman–Crippen MR) is 131 cm³/mol. The Balaban J connectivity index is 1.43. The van der Waals surface area contributed by atoms with Crippen LogP contribution in [0.3, 0.4) is 0 Å². The highest BCUT2D eigenvalue weighted by molar-refractivity contribution is 8.15. The van der Waals surface area contributed by atoms with Gasteiger partial charge >= 0.3 is 0 Å².